The topological polar surface area (TPSA) is 87.8 Å². The van der Waals surface area contributed by atoms with Crippen LogP contribution in [0.1, 0.15) is 37.9 Å². The number of piperidine rings is 1. The Labute approximate surface area is 157 Å². The van der Waals surface area contributed by atoms with Crippen molar-refractivity contribution in [3.8, 4) is 0 Å². The zero-order chi connectivity index (χ0) is 18.8. The Morgan fingerprint density at radius 2 is 2.23 bits per heavy atom. The second-order valence-electron chi connectivity index (χ2n) is 6.24. The van der Waals surface area contributed by atoms with Gasteiger partial charge in [-0.1, -0.05) is 6.08 Å². The van der Waals surface area contributed by atoms with Gasteiger partial charge in [0.25, 0.3) is 0 Å². The maximum atomic E-state index is 12.2. The van der Waals surface area contributed by atoms with Gasteiger partial charge in [-0.2, -0.15) is 11.8 Å². The molecule has 6 nitrogen and oxygen atoms in total. The summed E-state index contributed by atoms with van der Waals surface area (Å²) in [6.45, 7) is 0.623. The molecule has 0 spiro atoms. The largest absolute Gasteiger partial charge is 0.481 e. The lowest BCUT2D eigenvalue weighted by atomic mass is 10.0. The predicted molar refractivity (Wildman–Crippen MR) is 100 cm³/mol. The number of furan rings is 1. The SMILES string of the molecule is O=C(O)CCCSCCN1C(=O)CCC[C@@H]1/C=C/C(=O)Cc1ccco1. The Kier molecular flexibility index (Phi) is 8.47. The second-order valence-corrected chi connectivity index (χ2v) is 7.46. The Balaban J connectivity index is 1.78. The second kappa shape index (κ2) is 10.9. The number of rotatable bonds is 11. The molecule has 1 fully saturated rings. The van der Waals surface area contributed by atoms with Crippen LogP contribution in [0.5, 0.6) is 0 Å². The molecule has 1 aromatic rings. The van der Waals surface area contributed by atoms with E-state index in [2.05, 4.69) is 0 Å². The number of carboxylic acid groups (broad SMARTS) is 1. The van der Waals surface area contributed by atoms with E-state index >= 15 is 0 Å². The highest BCUT2D eigenvalue weighted by Gasteiger charge is 2.25. The van der Waals surface area contributed by atoms with Crippen LogP contribution < -0.4 is 0 Å². The van der Waals surface area contributed by atoms with Gasteiger partial charge in [0, 0.05) is 25.1 Å². The van der Waals surface area contributed by atoms with Crippen molar-refractivity contribution in [1.29, 1.82) is 0 Å². The average Bonchev–Trinajstić information content (AvgIpc) is 3.10. The molecule has 0 saturated carbocycles. The van der Waals surface area contributed by atoms with Gasteiger partial charge in [0.1, 0.15) is 5.76 Å². The van der Waals surface area contributed by atoms with Gasteiger partial charge < -0.3 is 14.4 Å². The van der Waals surface area contributed by atoms with Crippen LogP contribution in [-0.2, 0) is 20.8 Å². The van der Waals surface area contributed by atoms with Gasteiger partial charge in [-0.3, -0.25) is 14.4 Å². The molecular formula is C19H25NO5S. The fraction of sp³-hybridized carbons (Fsp3) is 0.526. The highest BCUT2D eigenvalue weighted by Crippen LogP contribution is 2.20. The number of carboxylic acids is 1. The molecule has 2 heterocycles. The number of hydrogen-bond acceptors (Lipinski definition) is 5. The molecule has 1 amide bonds. The summed E-state index contributed by atoms with van der Waals surface area (Å²) in [4.78, 5) is 36.6. The third kappa shape index (κ3) is 7.07. The normalized spacial score (nSPS) is 17.8. The molecule has 2 rings (SSSR count). The van der Waals surface area contributed by atoms with Crippen molar-refractivity contribution >= 4 is 29.4 Å². The summed E-state index contributed by atoms with van der Waals surface area (Å²) in [6, 6.07) is 3.47. The number of allylic oxidation sites excluding steroid dienone is 1. The summed E-state index contributed by atoms with van der Waals surface area (Å²) >= 11 is 1.66. The summed E-state index contributed by atoms with van der Waals surface area (Å²) in [6.07, 6.45) is 8.22. The average molecular weight is 379 g/mol. The number of thioether (sulfide) groups is 1. The molecule has 0 aliphatic carbocycles. The van der Waals surface area contributed by atoms with Crippen molar-refractivity contribution in [3.63, 3.8) is 0 Å². The predicted octanol–water partition coefficient (Wildman–Crippen LogP) is 2.93. The zero-order valence-corrected chi connectivity index (χ0v) is 15.6. The summed E-state index contributed by atoms with van der Waals surface area (Å²) < 4.78 is 5.18. The van der Waals surface area contributed by atoms with Crippen LogP contribution in [-0.4, -0.2) is 51.8 Å². The van der Waals surface area contributed by atoms with Crippen LogP contribution in [0.15, 0.2) is 35.0 Å². The van der Waals surface area contributed by atoms with Crippen molar-refractivity contribution in [1.82, 2.24) is 4.90 Å². The van der Waals surface area contributed by atoms with E-state index in [4.69, 9.17) is 9.52 Å². The third-order valence-corrected chi connectivity index (χ3v) is 5.25. The van der Waals surface area contributed by atoms with Crippen molar-refractivity contribution in [3.05, 3.63) is 36.3 Å². The molecule has 7 heteroatoms. The highest BCUT2D eigenvalue weighted by molar-refractivity contribution is 7.99. The Morgan fingerprint density at radius 3 is 2.96 bits per heavy atom. The van der Waals surface area contributed by atoms with E-state index in [9.17, 15) is 14.4 Å². The molecule has 1 aliphatic heterocycles. The number of amides is 1. The van der Waals surface area contributed by atoms with Crippen molar-refractivity contribution in [2.45, 2.75) is 44.6 Å². The number of nitrogens with zero attached hydrogens (tertiary/aromatic N) is 1. The molecule has 142 valence electrons. The standard InChI is InChI=1S/C19H25NO5S/c21-16(14-17-5-2-11-25-17)9-8-15-4-1-6-18(22)20(15)10-13-26-12-3-7-19(23)24/h2,5,8-9,11,15H,1,3-4,6-7,10,12-14H2,(H,23,24)/b9-8+/t15-/m1/s1. The molecule has 0 radical (unpaired) electrons. The lowest BCUT2D eigenvalue weighted by Crippen LogP contribution is -2.43. The number of aliphatic carboxylic acids is 1. The van der Waals surface area contributed by atoms with Crippen LogP contribution in [0, 0.1) is 0 Å². The van der Waals surface area contributed by atoms with Crippen LogP contribution in [0.3, 0.4) is 0 Å². The lowest BCUT2D eigenvalue weighted by molar-refractivity contribution is -0.137. The summed E-state index contributed by atoms with van der Waals surface area (Å²) in [5.41, 5.74) is 0. The summed E-state index contributed by atoms with van der Waals surface area (Å²) in [7, 11) is 0. The van der Waals surface area contributed by atoms with Crippen molar-refractivity contribution in [2.75, 3.05) is 18.1 Å². The molecule has 1 aromatic heterocycles. The molecule has 0 bridgehead atoms. The molecule has 0 unspecified atom stereocenters. The maximum Gasteiger partial charge on any atom is 0.303 e. The van der Waals surface area contributed by atoms with E-state index in [1.165, 1.54) is 0 Å². The highest BCUT2D eigenvalue weighted by atomic mass is 32.2. The third-order valence-electron chi connectivity index (χ3n) is 4.20. The first kappa shape index (κ1) is 20.3. The Bertz CT molecular complexity index is 626. The smallest absolute Gasteiger partial charge is 0.303 e. The van der Waals surface area contributed by atoms with E-state index in [-0.39, 0.29) is 30.6 Å². The van der Waals surface area contributed by atoms with E-state index < -0.39 is 5.97 Å². The minimum Gasteiger partial charge on any atom is -0.481 e. The maximum absolute atomic E-state index is 12.2. The van der Waals surface area contributed by atoms with Crippen LogP contribution in [0.2, 0.25) is 0 Å². The zero-order valence-electron chi connectivity index (χ0n) is 14.8. The Hall–Kier alpha value is -2.02. The van der Waals surface area contributed by atoms with Gasteiger partial charge in [-0.05, 0) is 43.2 Å². The van der Waals surface area contributed by atoms with Crippen molar-refractivity contribution in [2.24, 2.45) is 0 Å². The fourth-order valence-electron chi connectivity index (χ4n) is 2.89. The van der Waals surface area contributed by atoms with Gasteiger partial charge in [-0.15, -0.1) is 0 Å². The number of carbonyl (C=O) groups is 3. The van der Waals surface area contributed by atoms with Gasteiger partial charge in [-0.25, -0.2) is 0 Å². The Morgan fingerprint density at radius 1 is 1.38 bits per heavy atom. The van der Waals surface area contributed by atoms with Crippen LogP contribution >= 0.6 is 11.8 Å². The van der Waals surface area contributed by atoms with E-state index in [1.54, 1.807) is 36.2 Å². The molecular weight excluding hydrogens is 354 g/mol. The number of carbonyl (C=O) groups excluding carboxylic acids is 2. The van der Waals surface area contributed by atoms with Gasteiger partial charge in [0.15, 0.2) is 5.78 Å². The molecule has 0 aromatic carbocycles. The molecule has 1 saturated heterocycles. The minimum absolute atomic E-state index is 0.0408. The first-order chi connectivity index (χ1) is 12.6. The fourth-order valence-corrected chi connectivity index (χ4v) is 3.77. The van der Waals surface area contributed by atoms with Gasteiger partial charge in [0.2, 0.25) is 5.91 Å². The van der Waals surface area contributed by atoms with Gasteiger partial charge in [0.05, 0.1) is 18.7 Å². The molecule has 1 N–H and O–H groups in total. The summed E-state index contributed by atoms with van der Waals surface area (Å²) in [5.74, 6) is 1.48. The van der Waals surface area contributed by atoms with E-state index in [0.29, 0.717) is 25.1 Å². The van der Waals surface area contributed by atoms with E-state index in [1.807, 2.05) is 11.0 Å². The monoisotopic (exact) mass is 379 g/mol. The first-order valence-electron chi connectivity index (χ1n) is 8.88. The van der Waals surface area contributed by atoms with Crippen LogP contribution in [0.25, 0.3) is 0 Å². The van der Waals surface area contributed by atoms with Gasteiger partial charge >= 0.3 is 5.97 Å². The first-order valence-corrected chi connectivity index (χ1v) is 10.0. The number of likely N-dealkylation sites (tertiary alicyclic amines) is 1. The molecule has 26 heavy (non-hydrogen) atoms. The van der Waals surface area contributed by atoms with E-state index in [0.717, 1.165) is 24.3 Å². The molecule has 1 atom stereocenters. The number of hydrogen-bond donors (Lipinski definition) is 1. The van der Waals surface area contributed by atoms with Crippen molar-refractivity contribution < 1.29 is 23.9 Å². The quantitative estimate of drug-likeness (QED) is 0.470. The number of ketones is 1. The summed E-state index contributed by atoms with van der Waals surface area (Å²) in [5, 5.41) is 8.62. The lowest BCUT2D eigenvalue weighted by Gasteiger charge is -2.34. The molecule has 1 aliphatic rings. The minimum atomic E-state index is -0.777. The van der Waals surface area contributed by atoms with Crippen LogP contribution in [0.4, 0.5) is 0 Å².